The molecule has 31 heavy (non-hydrogen) atoms. The second-order valence-electron chi connectivity index (χ2n) is 7.94. The predicted octanol–water partition coefficient (Wildman–Crippen LogP) is 4.02. The molecule has 4 heterocycles. The molecule has 0 bridgehead atoms. The second kappa shape index (κ2) is 8.22. The van der Waals surface area contributed by atoms with Crippen molar-refractivity contribution in [3.63, 3.8) is 0 Å². The summed E-state index contributed by atoms with van der Waals surface area (Å²) in [6, 6.07) is 11.8. The summed E-state index contributed by atoms with van der Waals surface area (Å²) < 4.78 is 0. The third-order valence-corrected chi connectivity index (χ3v) is 6.01. The SMILES string of the molecule is O=C(/C=C\c1ccc(N2CCCC2=O)cc1)N1CC=C(c2c[nH]c3ncccc23)CC1. The number of aromatic nitrogens is 2. The molecule has 1 aromatic carbocycles. The van der Waals surface area contributed by atoms with Gasteiger partial charge in [0.15, 0.2) is 0 Å². The van der Waals surface area contributed by atoms with E-state index in [2.05, 4.69) is 22.1 Å². The summed E-state index contributed by atoms with van der Waals surface area (Å²) in [5.74, 6) is 0.189. The molecule has 1 saturated heterocycles. The summed E-state index contributed by atoms with van der Waals surface area (Å²) in [6.07, 6.45) is 11.7. The number of amides is 2. The molecular formula is C25H24N4O2. The van der Waals surface area contributed by atoms with Crippen LogP contribution in [0.3, 0.4) is 0 Å². The zero-order valence-electron chi connectivity index (χ0n) is 17.3. The van der Waals surface area contributed by atoms with Crippen molar-refractivity contribution in [3.05, 3.63) is 72.1 Å². The lowest BCUT2D eigenvalue weighted by molar-refractivity contribution is -0.125. The second-order valence-corrected chi connectivity index (χ2v) is 7.94. The highest BCUT2D eigenvalue weighted by Crippen LogP contribution is 2.28. The van der Waals surface area contributed by atoms with Gasteiger partial charge in [0.1, 0.15) is 5.65 Å². The Balaban J connectivity index is 1.22. The molecule has 156 valence electrons. The van der Waals surface area contributed by atoms with Crippen molar-refractivity contribution in [2.45, 2.75) is 19.3 Å². The Hall–Kier alpha value is -3.67. The Morgan fingerprint density at radius 3 is 2.71 bits per heavy atom. The highest BCUT2D eigenvalue weighted by atomic mass is 16.2. The quantitative estimate of drug-likeness (QED) is 0.658. The molecule has 0 radical (unpaired) electrons. The van der Waals surface area contributed by atoms with E-state index in [1.807, 2.05) is 52.4 Å². The van der Waals surface area contributed by atoms with Crippen molar-refractivity contribution < 1.29 is 9.59 Å². The average molecular weight is 412 g/mol. The van der Waals surface area contributed by atoms with E-state index in [1.54, 1.807) is 12.3 Å². The van der Waals surface area contributed by atoms with E-state index in [1.165, 1.54) is 11.1 Å². The molecule has 6 heteroatoms. The van der Waals surface area contributed by atoms with Gasteiger partial charge in [0.05, 0.1) is 0 Å². The highest BCUT2D eigenvalue weighted by Gasteiger charge is 2.21. The first-order chi connectivity index (χ1) is 15.2. The maximum absolute atomic E-state index is 12.6. The minimum absolute atomic E-state index is 0.00897. The van der Waals surface area contributed by atoms with E-state index >= 15 is 0 Å². The van der Waals surface area contributed by atoms with Crippen molar-refractivity contribution in [1.29, 1.82) is 0 Å². The number of aromatic amines is 1. The fourth-order valence-electron chi connectivity index (χ4n) is 4.29. The normalized spacial score (nSPS) is 17.0. The van der Waals surface area contributed by atoms with Crippen LogP contribution in [0.5, 0.6) is 0 Å². The molecule has 2 aromatic heterocycles. The number of nitrogens with one attached hydrogen (secondary N) is 1. The van der Waals surface area contributed by atoms with Gasteiger partial charge in [-0.1, -0.05) is 18.2 Å². The average Bonchev–Trinajstić information content (AvgIpc) is 3.44. The Morgan fingerprint density at radius 2 is 1.97 bits per heavy atom. The standard InChI is InChI=1S/C25H24N4O2/c30-23(10-7-18-5-8-20(9-6-18)29-14-2-4-24(29)31)28-15-11-19(12-16-28)22-17-27-25-21(22)3-1-13-26-25/h1,3,5-11,13,17H,2,4,12,14-16H2,(H,26,27)/b10-7-. The van der Waals surface area contributed by atoms with Crippen molar-refractivity contribution in [1.82, 2.24) is 14.9 Å². The Kier molecular flexibility index (Phi) is 5.12. The highest BCUT2D eigenvalue weighted by molar-refractivity contribution is 5.96. The van der Waals surface area contributed by atoms with Crippen LogP contribution in [0.2, 0.25) is 0 Å². The molecule has 3 aromatic rings. The number of rotatable bonds is 4. The maximum Gasteiger partial charge on any atom is 0.246 e. The van der Waals surface area contributed by atoms with E-state index in [4.69, 9.17) is 0 Å². The minimum atomic E-state index is 0.00897. The monoisotopic (exact) mass is 412 g/mol. The number of pyridine rings is 1. The van der Waals surface area contributed by atoms with Gasteiger partial charge in [-0.2, -0.15) is 0 Å². The van der Waals surface area contributed by atoms with Crippen molar-refractivity contribution in [2.24, 2.45) is 0 Å². The zero-order valence-corrected chi connectivity index (χ0v) is 17.3. The number of anilines is 1. The fraction of sp³-hybridized carbons (Fsp3) is 0.240. The lowest BCUT2D eigenvalue weighted by Gasteiger charge is -2.25. The van der Waals surface area contributed by atoms with Gasteiger partial charge in [-0.25, -0.2) is 4.98 Å². The number of fused-ring (bicyclic) bond motifs is 1. The molecule has 0 atom stereocenters. The first kappa shape index (κ1) is 19.3. The van der Waals surface area contributed by atoms with Gasteiger partial charge in [0, 0.05) is 61.2 Å². The lowest BCUT2D eigenvalue weighted by atomic mass is 9.99. The van der Waals surface area contributed by atoms with Gasteiger partial charge >= 0.3 is 0 Å². The van der Waals surface area contributed by atoms with Crippen LogP contribution in [-0.4, -0.2) is 46.3 Å². The van der Waals surface area contributed by atoms with E-state index in [0.29, 0.717) is 19.5 Å². The Bertz CT molecular complexity index is 1190. The van der Waals surface area contributed by atoms with Gasteiger partial charge in [-0.3, -0.25) is 9.59 Å². The molecular weight excluding hydrogens is 388 g/mol. The summed E-state index contributed by atoms with van der Waals surface area (Å²) in [5, 5.41) is 1.12. The Morgan fingerprint density at radius 1 is 1.10 bits per heavy atom. The largest absolute Gasteiger partial charge is 0.346 e. The molecule has 0 spiro atoms. The number of carbonyl (C=O) groups excluding carboxylic acids is 2. The third kappa shape index (κ3) is 3.89. The molecule has 2 amide bonds. The molecule has 0 aliphatic carbocycles. The van der Waals surface area contributed by atoms with Crippen LogP contribution < -0.4 is 4.90 Å². The third-order valence-electron chi connectivity index (χ3n) is 6.01. The van der Waals surface area contributed by atoms with Gasteiger partial charge < -0.3 is 14.8 Å². The smallest absolute Gasteiger partial charge is 0.246 e. The molecule has 1 N–H and O–H groups in total. The van der Waals surface area contributed by atoms with Crippen LogP contribution in [0.4, 0.5) is 5.69 Å². The van der Waals surface area contributed by atoms with Crippen LogP contribution in [0.1, 0.15) is 30.4 Å². The number of hydrogen-bond donors (Lipinski definition) is 1. The minimum Gasteiger partial charge on any atom is -0.346 e. The Labute approximate surface area is 180 Å². The summed E-state index contributed by atoms with van der Waals surface area (Å²) in [5.41, 5.74) is 5.18. The molecule has 0 unspecified atom stereocenters. The fourth-order valence-corrected chi connectivity index (χ4v) is 4.29. The van der Waals surface area contributed by atoms with Crippen LogP contribution >= 0.6 is 0 Å². The van der Waals surface area contributed by atoms with Crippen molar-refractivity contribution in [2.75, 3.05) is 24.5 Å². The van der Waals surface area contributed by atoms with E-state index < -0.39 is 0 Å². The summed E-state index contributed by atoms with van der Waals surface area (Å²) in [4.78, 5) is 35.7. The van der Waals surface area contributed by atoms with Gasteiger partial charge in [0.2, 0.25) is 11.8 Å². The number of nitrogens with zero attached hydrogens (tertiary/aromatic N) is 3. The van der Waals surface area contributed by atoms with Crippen molar-refractivity contribution in [3.8, 4) is 0 Å². The molecule has 2 aliphatic heterocycles. The van der Waals surface area contributed by atoms with Crippen LogP contribution in [0.15, 0.2) is 60.9 Å². The maximum atomic E-state index is 12.6. The molecule has 0 saturated carbocycles. The van der Waals surface area contributed by atoms with Gasteiger partial charge in [-0.15, -0.1) is 0 Å². The van der Waals surface area contributed by atoms with E-state index in [-0.39, 0.29) is 11.8 Å². The summed E-state index contributed by atoms with van der Waals surface area (Å²) in [7, 11) is 0. The lowest BCUT2D eigenvalue weighted by Crippen LogP contribution is -2.33. The predicted molar refractivity (Wildman–Crippen MR) is 122 cm³/mol. The first-order valence-electron chi connectivity index (χ1n) is 10.7. The van der Waals surface area contributed by atoms with Crippen LogP contribution in [0.25, 0.3) is 22.7 Å². The number of hydrogen-bond acceptors (Lipinski definition) is 3. The zero-order chi connectivity index (χ0) is 21.2. The van der Waals surface area contributed by atoms with Crippen LogP contribution in [0, 0.1) is 0 Å². The summed E-state index contributed by atoms with van der Waals surface area (Å²) >= 11 is 0. The number of benzene rings is 1. The van der Waals surface area contributed by atoms with Gasteiger partial charge in [-0.05, 0) is 54.3 Å². The molecule has 1 fully saturated rings. The molecule has 2 aliphatic rings. The molecule has 5 rings (SSSR count). The van der Waals surface area contributed by atoms with Crippen LogP contribution in [-0.2, 0) is 9.59 Å². The summed E-state index contributed by atoms with van der Waals surface area (Å²) in [6.45, 7) is 2.07. The van der Waals surface area contributed by atoms with Gasteiger partial charge in [0.25, 0.3) is 0 Å². The first-order valence-corrected chi connectivity index (χ1v) is 10.7. The van der Waals surface area contributed by atoms with Crippen molar-refractivity contribution >= 4 is 40.2 Å². The van der Waals surface area contributed by atoms with E-state index in [0.717, 1.165) is 41.7 Å². The topological polar surface area (TPSA) is 69.3 Å². The number of H-pyrrole nitrogens is 1. The number of carbonyl (C=O) groups is 2. The van der Waals surface area contributed by atoms with E-state index in [9.17, 15) is 9.59 Å². The molecule has 6 nitrogen and oxygen atoms in total.